The fraction of sp³-hybridized carbons (Fsp3) is 0.583. The van der Waals surface area contributed by atoms with Crippen LogP contribution < -0.4 is 10.5 Å². The number of hydrogen-bond donors (Lipinski definition) is 1. The van der Waals surface area contributed by atoms with Crippen LogP contribution in [-0.4, -0.2) is 11.1 Å². The first-order chi connectivity index (χ1) is 7.13. The third-order valence-corrected chi connectivity index (χ3v) is 2.13. The molecule has 0 spiro atoms. The number of nitrogens with two attached hydrogens (primary N) is 1. The van der Waals surface area contributed by atoms with Gasteiger partial charge in [0.25, 0.3) is 0 Å². The summed E-state index contributed by atoms with van der Waals surface area (Å²) in [5.74, 6) is 0.800. The molecule has 0 amide bonds. The largest absolute Gasteiger partial charge is 0.489 e. The first-order valence-corrected chi connectivity index (χ1v) is 5.50. The molecule has 84 valence electrons. The van der Waals surface area contributed by atoms with Crippen molar-refractivity contribution in [2.75, 3.05) is 0 Å². The molecule has 0 radical (unpaired) electrons. The minimum absolute atomic E-state index is 0.0678. The number of pyridine rings is 1. The zero-order chi connectivity index (χ0) is 11.3. The lowest BCUT2D eigenvalue weighted by Crippen LogP contribution is -2.11. The Bertz CT molecular complexity index is 299. The molecule has 0 aliphatic rings. The number of hydrogen-bond acceptors (Lipinski definition) is 3. The second-order valence-corrected chi connectivity index (χ2v) is 4.02. The Balaban J connectivity index is 2.73. The van der Waals surface area contributed by atoms with Crippen molar-refractivity contribution >= 4 is 0 Å². The summed E-state index contributed by atoms with van der Waals surface area (Å²) in [7, 11) is 0. The fourth-order valence-electron chi connectivity index (χ4n) is 1.45. The molecule has 0 saturated heterocycles. The molecule has 0 fully saturated rings. The van der Waals surface area contributed by atoms with Crippen molar-refractivity contribution in [3.05, 3.63) is 24.0 Å². The molecule has 3 nitrogen and oxygen atoms in total. The Hall–Kier alpha value is -1.09. The van der Waals surface area contributed by atoms with Crippen LogP contribution in [0, 0.1) is 0 Å². The van der Waals surface area contributed by atoms with Crippen molar-refractivity contribution in [1.82, 2.24) is 4.98 Å². The predicted octanol–water partition coefficient (Wildman–Crippen LogP) is 2.67. The highest BCUT2D eigenvalue weighted by Crippen LogP contribution is 2.20. The van der Waals surface area contributed by atoms with Crippen molar-refractivity contribution < 1.29 is 4.74 Å². The predicted molar refractivity (Wildman–Crippen MR) is 61.8 cm³/mol. The first kappa shape index (κ1) is 12.0. The van der Waals surface area contributed by atoms with E-state index in [0.717, 1.165) is 24.2 Å². The standard InChI is InChI=1S/C12H20N2O/c1-4-5-12(13)10-6-11(8-14-7-10)15-9(2)3/h6-9,12H,4-5,13H2,1-3H3. The molecular formula is C12H20N2O. The number of nitrogens with zero attached hydrogens (tertiary/aromatic N) is 1. The summed E-state index contributed by atoms with van der Waals surface area (Å²) in [6, 6.07) is 2.05. The van der Waals surface area contributed by atoms with Crippen molar-refractivity contribution in [3.8, 4) is 5.75 Å². The Labute approximate surface area is 91.7 Å². The van der Waals surface area contributed by atoms with Gasteiger partial charge in [0.15, 0.2) is 0 Å². The van der Waals surface area contributed by atoms with Crippen molar-refractivity contribution in [3.63, 3.8) is 0 Å². The Morgan fingerprint density at radius 1 is 1.40 bits per heavy atom. The lowest BCUT2D eigenvalue weighted by Gasteiger charge is -2.13. The van der Waals surface area contributed by atoms with Crippen LogP contribution in [0.2, 0.25) is 0 Å². The van der Waals surface area contributed by atoms with E-state index in [0.29, 0.717) is 0 Å². The monoisotopic (exact) mass is 208 g/mol. The lowest BCUT2D eigenvalue weighted by atomic mass is 10.1. The maximum Gasteiger partial charge on any atom is 0.138 e. The maximum atomic E-state index is 6.01. The molecule has 1 aromatic heterocycles. The minimum atomic E-state index is 0.0678. The molecule has 1 rings (SSSR count). The van der Waals surface area contributed by atoms with E-state index in [1.807, 2.05) is 26.1 Å². The summed E-state index contributed by atoms with van der Waals surface area (Å²) in [4.78, 5) is 4.14. The highest BCUT2D eigenvalue weighted by Gasteiger charge is 2.07. The van der Waals surface area contributed by atoms with Gasteiger partial charge in [0.05, 0.1) is 12.3 Å². The summed E-state index contributed by atoms with van der Waals surface area (Å²) in [5.41, 5.74) is 7.06. The molecule has 0 saturated carbocycles. The third kappa shape index (κ3) is 3.88. The zero-order valence-corrected chi connectivity index (χ0v) is 9.73. The van der Waals surface area contributed by atoms with Crippen LogP contribution in [-0.2, 0) is 0 Å². The molecule has 1 unspecified atom stereocenters. The summed E-state index contributed by atoms with van der Waals surface area (Å²) < 4.78 is 5.57. The molecule has 0 aromatic carbocycles. The van der Waals surface area contributed by atoms with Gasteiger partial charge in [0, 0.05) is 12.2 Å². The van der Waals surface area contributed by atoms with Gasteiger partial charge in [-0.2, -0.15) is 0 Å². The van der Waals surface area contributed by atoms with Gasteiger partial charge in [-0.05, 0) is 31.9 Å². The normalized spacial score (nSPS) is 12.9. The molecule has 3 heteroatoms. The van der Waals surface area contributed by atoms with Gasteiger partial charge in [-0.25, -0.2) is 0 Å². The highest BCUT2D eigenvalue weighted by atomic mass is 16.5. The van der Waals surface area contributed by atoms with Crippen LogP contribution in [0.5, 0.6) is 5.75 Å². The van der Waals surface area contributed by atoms with Gasteiger partial charge in [-0.3, -0.25) is 4.98 Å². The molecular weight excluding hydrogens is 188 g/mol. The van der Waals surface area contributed by atoms with E-state index < -0.39 is 0 Å². The van der Waals surface area contributed by atoms with Crippen LogP contribution in [0.4, 0.5) is 0 Å². The Kier molecular flexibility index (Phi) is 4.56. The molecule has 0 bridgehead atoms. The van der Waals surface area contributed by atoms with E-state index >= 15 is 0 Å². The summed E-state index contributed by atoms with van der Waals surface area (Å²) in [6.07, 6.45) is 5.77. The fourth-order valence-corrected chi connectivity index (χ4v) is 1.45. The van der Waals surface area contributed by atoms with E-state index in [-0.39, 0.29) is 12.1 Å². The number of ether oxygens (including phenoxy) is 1. The highest BCUT2D eigenvalue weighted by molar-refractivity contribution is 5.25. The van der Waals surface area contributed by atoms with E-state index in [1.54, 1.807) is 6.20 Å². The van der Waals surface area contributed by atoms with Crippen molar-refractivity contribution in [1.29, 1.82) is 0 Å². The van der Waals surface area contributed by atoms with Crippen molar-refractivity contribution in [2.24, 2.45) is 5.73 Å². The Morgan fingerprint density at radius 3 is 2.73 bits per heavy atom. The van der Waals surface area contributed by atoms with Gasteiger partial charge < -0.3 is 10.5 Å². The zero-order valence-electron chi connectivity index (χ0n) is 9.73. The second-order valence-electron chi connectivity index (χ2n) is 4.02. The molecule has 15 heavy (non-hydrogen) atoms. The van der Waals surface area contributed by atoms with Crippen LogP contribution in [0.15, 0.2) is 18.5 Å². The van der Waals surface area contributed by atoms with Gasteiger partial charge in [0.1, 0.15) is 5.75 Å². The maximum absolute atomic E-state index is 6.01. The van der Waals surface area contributed by atoms with Gasteiger partial charge in [-0.15, -0.1) is 0 Å². The first-order valence-electron chi connectivity index (χ1n) is 5.50. The quantitative estimate of drug-likeness (QED) is 0.809. The lowest BCUT2D eigenvalue weighted by molar-refractivity contribution is 0.241. The topological polar surface area (TPSA) is 48.1 Å². The van der Waals surface area contributed by atoms with E-state index in [2.05, 4.69) is 11.9 Å². The van der Waals surface area contributed by atoms with Crippen LogP contribution in [0.25, 0.3) is 0 Å². The number of rotatable bonds is 5. The second kappa shape index (κ2) is 5.71. The average Bonchev–Trinajstić information content (AvgIpc) is 2.17. The van der Waals surface area contributed by atoms with Crippen molar-refractivity contribution in [2.45, 2.75) is 45.8 Å². The van der Waals surface area contributed by atoms with Crippen LogP contribution in [0.3, 0.4) is 0 Å². The molecule has 1 atom stereocenters. The molecule has 0 aliphatic carbocycles. The Morgan fingerprint density at radius 2 is 2.13 bits per heavy atom. The molecule has 1 heterocycles. The van der Waals surface area contributed by atoms with E-state index in [9.17, 15) is 0 Å². The smallest absolute Gasteiger partial charge is 0.138 e. The number of aromatic nitrogens is 1. The van der Waals surface area contributed by atoms with E-state index in [1.165, 1.54) is 0 Å². The molecule has 1 aromatic rings. The summed E-state index contributed by atoms with van der Waals surface area (Å²) in [6.45, 7) is 6.12. The van der Waals surface area contributed by atoms with E-state index in [4.69, 9.17) is 10.5 Å². The minimum Gasteiger partial charge on any atom is -0.489 e. The van der Waals surface area contributed by atoms with Gasteiger partial charge >= 0.3 is 0 Å². The third-order valence-electron chi connectivity index (χ3n) is 2.13. The summed E-state index contributed by atoms with van der Waals surface area (Å²) in [5, 5.41) is 0. The SMILES string of the molecule is CCCC(N)c1cncc(OC(C)C)c1. The molecule has 0 aliphatic heterocycles. The summed E-state index contributed by atoms with van der Waals surface area (Å²) >= 11 is 0. The van der Waals surface area contributed by atoms with Gasteiger partial charge in [-0.1, -0.05) is 13.3 Å². The van der Waals surface area contributed by atoms with Crippen LogP contribution >= 0.6 is 0 Å². The molecule has 2 N–H and O–H groups in total. The average molecular weight is 208 g/mol. The van der Waals surface area contributed by atoms with Gasteiger partial charge in [0.2, 0.25) is 0 Å². The van der Waals surface area contributed by atoms with Crippen LogP contribution in [0.1, 0.15) is 45.2 Å².